The highest BCUT2D eigenvalue weighted by atomic mass is 15.1. The average molecular weight is 648 g/mol. The summed E-state index contributed by atoms with van der Waals surface area (Å²) in [7, 11) is 0. The number of anilines is 3. The van der Waals surface area contributed by atoms with Gasteiger partial charge in [-0.15, -0.1) is 0 Å². The van der Waals surface area contributed by atoms with Gasteiger partial charge in [0.15, 0.2) is 0 Å². The number of fused-ring (bicyclic) bond motifs is 7. The van der Waals surface area contributed by atoms with Gasteiger partial charge in [0.1, 0.15) is 0 Å². The molecule has 0 atom stereocenters. The standard InChI is InChI=1S/C50H33N/c1-2-15-39(16-3-1)51(40-27-24-35(25-28-40)38-23-22-34-12-4-5-14-37(34)32-38)50-31-30-46(43-19-10-11-21-47(43)50)49-33-48-41-17-7-6-13-36(41)26-29-45(48)42-18-8-9-20-44(42)49/h1-33H. The van der Waals surface area contributed by atoms with Crippen LogP contribution in [0.25, 0.3) is 76.1 Å². The van der Waals surface area contributed by atoms with Crippen LogP contribution >= 0.6 is 0 Å². The molecule has 0 N–H and O–H groups in total. The maximum absolute atomic E-state index is 2.42. The Bertz CT molecular complexity index is 2900. The Morgan fingerprint density at radius 1 is 0.255 bits per heavy atom. The summed E-state index contributed by atoms with van der Waals surface area (Å²) in [5.74, 6) is 0. The van der Waals surface area contributed by atoms with E-state index in [1.807, 2.05) is 0 Å². The zero-order valence-corrected chi connectivity index (χ0v) is 28.0. The highest BCUT2D eigenvalue weighted by molar-refractivity contribution is 6.22. The summed E-state index contributed by atoms with van der Waals surface area (Å²) < 4.78 is 0. The molecule has 0 bridgehead atoms. The van der Waals surface area contributed by atoms with Crippen LogP contribution in [-0.4, -0.2) is 0 Å². The van der Waals surface area contributed by atoms with Gasteiger partial charge in [0.25, 0.3) is 0 Å². The zero-order chi connectivity index (χ0) is 33.7. The molecule has 0 saturated heterocycles. The highest BCUT2D eigenvalue weighted by Gasteiger charge is 2.19. The van der Waals surface area contributed by atoms with Crippen LogP contribution in [0.4, 0.5) is 17.1 Å². The first-order chi connectivity index (χ1) is 25.3. The molecule has 0 amide bonds. The molecule has 0 aromatic heterocycles. The molecule has 0 radical (unpaired) electrons. The summed E-state index contributed by atoms with van der Waals surface area (Å²) in [5.41, 5.74) is 8.30. The molecule has 238 valence electrons. The van der Waals surface area contributed by atoms with E-state index in [0.29, 0.717) is 0 Å². The fraction of sp³-hybridized carbons (Fsp3) is 0. The van der Waals surface area contributed by atoms with Crippen molar-refractivity contribution in [3.8, 4) is 22.3 Å². The lowest BCUT2D eigenvalue weighted by Crippen LogP contribution is -2.10. The van der Waals surface area contributed by atoms with Gasteiger partial charge < -0.3 is 4.90 Å². The molecular formula is C50H33N. The van der Waals surface area contributed by atoms with Crippen molar-refractivity contribution in [3.05, 3.63) is 200 Å². The van der Waals surface area contributed by atoms with Gasteiger partial charge in [-0.3, -0.25) is 0 Å². The number of hydrogen-bond acceptors (Lipinski definition) is 1. The van der Waals surface area contributed by atoms with Crippen LogP contribution in [0.2, 0.25) is 0 Å². The zero-order valence-electron chi connectivity index (χ0n) is 28.0. The molecule has 0 heterocycles. The highest BCUT2D eigenvalue weighted by Crippen LogP contribution is 2.45. The summed E-state index contributed by atoms with van der Waals surface area (Å²) >= 11 is 0. The van der Waals surface area contributed by atoms with Gasteiger partial charge in [-0.25, -0.2) is 0 Å². The second kappa shape index (κ2) is 12.0. The lowest BCUT2D eigenvalue weighted by Gasteiger charge is -2.28. The molecule has 0 aliphatic carbocycles. The molecule has 0 aliphatic heterocycles. The van der Waals surface area contributed by atoms with Gasteiger partial charge in [-0.05, 0) is 113 Å². The van der Waals surface area contributed by atoms with E-state index >= 15 is 0 Å². The number of nitrogens with zero attached hydrogens (tertiary/aromatic N) is 1. The third-order valence-electron chi connectivity index (χ3n) is 10.4. The van der Waals surface area contributed by atoms with Crippen LogP contribution in [0, 0.1) is 0 Å². The molecule has 0 saturated carbocycles. The molecule has 10 rings (SSSR count). The van der Waals surface area contributed by atoms with E-state index in [1.165, 1.54) is 76.1 Å². The minimum Gasteiger partial charge on any atom is -0.310 e. The van der Waals surface area contributed by atoms with E-state index in [4.69, 9.17) is 0 Å². The SMILES string of the molecule is c1ccc(N(c2ccc(-c3ccc4ccccc4c3)cc2)c2ccc(-c3cc4c5ccccc5ccc4c4ccccc34)c3ccccc23)cc1. The summed E-state index contributed by atoms with van der Waals surface area (Å²) in [6.45, 7) is 0. The van der Waals surface area contributed by atoms with Crippen LogP contribution in [0.1, 0.15) is 0 Å². The van der Waals surface area contributed by atoms with Gasteiger partial charge in [-0.1, -0.05) is 158 Å². The lowest BCUT2D eigenvalue weighted by molar-refractivity contribution is 1.30. The van der Waals surface area contributed by atoms with Crippen LogP contribution in [0.5, 0.6) is 0 Å². The van der Waals surface area contributed by atoms with Crippen LogP contribution < -0.4 is 4.90 Å². The van der Waals surface area contributed by atoms with Gasteiger partial charge in [0.05, 0.1) is 5.69 Å². The molecule has 1 nitrogen and oxygen atoms in total. The van der Waals surface area contributed by atoms with Gasteiger partial charge in [-0.2, -0.15) is 0 Å². The number of rotatable bonds is 5. The first kappa shape index (κ1) is 29.2. The maximum atomic E-state index is 2.42. The van der Waals surface area contributed by atoms with Crippen molar-refractivity contribution in [2.45, 2.75) is 0 Å². The third-order valence-corrected chi connectivity index (χ3v) is 10.4. The van der Waals surface area contributed by atoms with E-state index in [1.54, 1.807) is 0 Å². The van der Waals surface area contributed by atoms with Crippen LogP contribution in [-0.2, 0) is 0 Å². The smallest absolute Gasteiger partial charge is 0.0540 e. The number of hydrogen-bond donors (Lipinski definition) is 0. The van der Waals surface area contributed by atoms with Crippen molar-refractivity contribution < 1.29 is 0 Å². The summed E-state index contributed by atoms with van der Waals surface area (Å²) in [6, 6.07) is 73.0. The Morgan fingerprint density at radius 3 is 1.59 bits per heavy atom. The minimum absolute atomic E-state index is 1.12. The van der Waals surface area contributed by atoms with E-state index in [0.717, 1.165) is 17.1 Å². The fourth-order valence-electron chi connectivity index (χ4n) is 7.97. The Labute approximate surface area is 297 Å². The average Bonchev–Trinajstić information content (AvgIpc) is 3.21. The van der Waals surface area contributed by atoms with E-state index in [-0.39, 0.29) is 0 Å². The van der Waals surface area contributed by atoms with Crippen molar-refractivity contribution in [2.75, 3.05) is 4.90 Å². The summed E-state index contributed by atoms with van der Waals surface area (Å²) in [4.78, 5) is 2.39. The molecular weight excluding hydrogens is 615 g/mol. The predicted molar refractivity (Wildman–Crippen MR) is 220 cm³/mol. The molecule has 10 aromatic rings. The first-order valence-corrected chi connectivity index (χ1v) is 17.6. The summed E-state index contributed by atoms with van der Waals surface area (Å²) in [6.07, 6.45) is 0. The number of para-hydroxylation sites is 1. The Balaban J connectivity index is 1.16. The molecule has 0 unspecified atom stereocenters. The Kier molecular flexibility index (Phi) is 6.89. The first-order valence-electron chi connectivity index (χ1n) is 17.6. The van der Waals surface area contributed by atoms with Crippen molar-refractivity contribution in [1.82, 2.24) is 0 Å². The Morgan fingerprint density at radius 2 is 0.804 bits per heavy atom. The minimum atomic E-state index is 1.12. The molecule has 51 heavy (non-hydrogen) atoms. The molecule has 1 heteroatoms. The van der Waals surface area contributed by atoms with Crippen molar-refractivity contribution in [2.24, 2.45) is 0 Å². The molecule has 0 aliphatic rings. The van der Waals surface area contributed by atoms with E-state index < -0.39 is 0 Å². The Hall–Kier alpha value is -6.70. The van der Waals surface area contributed by atoms with Crippen LogP contribution in [0.3, 0.4) is 0 Å². The number of benzene rings is 10. The van der Waals surface area contributed by atoms with Gasteiger partial charge >= 0.3 is 0 Å². The van der Waals surface area contributed by atoms with Crippen molar-refractivity contribution in [1.29, 1.82) is 0 Å². The topological polar surface area (TPSA) is 3.24 Å². The fourth-order valence-corrected chi connectivity index (χ4v) is 7.97. The van der Waals surface area contributed by atoms with Gasteiger partial charge in [0, 0.05) is 16.8 Å². The quantitative estimate of drug-likeness (QED) is 0.168. The predicted octanol–water partition coefficient (Wildman–Crippen LogP) is 14.3. The third kappa shape index (κ3) is 4.94. The largest absolute Gasteiger partial charge is 0.310 e. The maximum Gasteiger partial charge on any atom is 0.0540 e. The van der Waals surface area contributed by atoms with Crippen LogP contribution in [0.15, 0.2) is 200 Å². The second-order valence-corrected chi connectivity index (χ2v) is 13.3. The normalized spacial score (nSPS) is 11.5. The molecule has 0 fully saturated rings. The monoisotopic (exact) mass is 647 g/mol. The van der Waals surface area contributed by atoms with E-state index in [2.05, 4.69) is 205 Å². The lowest BCUT2D eigenvalue weighted by atomic mass is 9.88. The van der Waals surface area contributed by atoms with Gasteiger partial charge in [0.2, 0.25) is 0 Å². The summed E-state index contributed by atoms with van der Waals surface area (Å²) in [5, 5.41) is 12.6. The van der Waals surface area contributed by atoms with E-state index in [9.17, 15) is 0 Å². The molecule has 0 spiro atoms. The van der Waals surface area contributed by atoms with Crippen molar-refractivity contribution >= 4 is 70.9 Å². The molecule has 10 aromatic carbocycles. The second-order valence-electron chi connectivity index (χ2n) is 13.3. The van der Waals surface area contributed by atoms with Crippen molar-refractivity contribution in [3.63, 3.8) is 0 Å².